The van der Waals surface area contributed by atoms with E-state index in [4.69, 9.17) is 21.5 Å². The van der Waals surface area contributed by atoms with Crippen LogP contribution in [0.4, 0.5) is 17.1 Å². The third-order valence-electron chi connectivity index (χ3n) is 10.9. The van der Waals surface area contributed by atoms with Gasteiger partial charge in [-0.3, -0.25) is 0 Å². The summed E-state index contributed by atoms with van der Waals surface area (Å²) in [6, 6.07) is 67.2. The van der Waals surface area contributed by atoms with Crippen molar-refractivity contribution in [3.8, 4) is 22.8 Å². The molecule has 59 heavy (non-hydrogen) atoms. The summed E-state index contributed by atoms with van der Waals surface area (Å²) < 4.78 is 16.0. The van der Waals surface area contributed by atoms with Gasteiger partial charge in [0.15, 0.2) is 17.5 Å². The fourth-order valence-corrected chi connectivity index (χ4v) is 10.8. The minimum Gasteiger partial charge on any atom is -0.313 e. The molecule has 6 heteroatoms. The monoisotopic (exact) mass is 780 g/mol. The van der Waals surface area contributed by atoms with Crippen molar-refractivity contribution >= 4 is 34.8 Å². The second kappa shape index (κ2) is 16.3. The van der Waals surface area contributed by atoms with Crippen LogP contribution >= 0.6 is 7.14 Å². The van der Waals surface area contributed by atoms with Gasteiger partial charge >= 0.3 is 0 Å². The van der Waals surface area contributed by atoms with Gasteiger partial charge in [0.1, 0.15) is 12.6 Å². The highest BCUT2D eigenvalue weighted by molar-refractivity contribution is 7.79. The molecule has 1 aromatic heterocycles. The molecular formula is C53H41N4OP. The molecule has 0 spiro atoms. The molecule has 5 nitrogen and oxygen atoms in total. The summed E-state index contributed by atoms with van der Waals surface area (Å²) in [6.45, 7) is 4.85. The number of rotatable bonds is 8. The minimum absolute atomic E-state index is 0.338. The van der Waals surface area contributed by atoms with E-state index in [1.165, 1.54) is 0 Å². The normalized spacial score (nSPS) is 18.6. The van der Waals surface area contributed by atoms with Crippen molar-refractivity contribution in [3.05, 3.63) is 254 Å². The Labute approximate surface area is 345 Å². The molecular weight excluding hydrogens is 740 g/mol. The maximum absolute atomic E-state index is 16.0. The lowest BCUT2D eigenvalue weighted by Crippen LogP contribution is -2.39. The van der Waals surface area contributed by atoms with Gasteiger partial charge in [-0.05, 0) is 53.1 Å². The topological polar surface area (TPSA) is 59.0 Å². The molecule has 1 aliphatic rings. The summed E-state index contributed by atoms with van der Waals surface area (Å²) in [4.78, 5) is 18.2. The van der Waals surface area contributed by atoms with Crippen LogP contribution in [-0.2, 0) is 9.98 Å². The highest BCUT2D eigenvalue weighted by atomic mass is 31.2. The van der Waals surface area contributed by atoms with Crippen molar-refractivity contribution in [2.75, 3.05) is 11.1 Å². The molecule has 2 unspecified atom stereocenters. The molecule has 8 aromatic rings. The van der Waals surface area contributed by atoms with E-state index in [0.717, 1.165) is 55.5 Å². The number of anilines is 3. The number of hydrogen-bond acceptors (Lipinski definition) is 5. The number of aromatic nitrogens is 3. The van der Waals surface area contributed by atoms with E-state index in [2.05, 4.69) is 83.8 Å². The second-order valence-electron chi connectivity index (χ2n) is 14.4. The molecule has 0 fully saturated rings. The summed E-state index contributed by atoms with van der Waals surface area (Å²) in [5, 5.41) is 1.51. The predicted octanol–water partition coefficient (Wildman–Crippen LogP) is 12.0. The van der Waals surface area contributed by atoms with Gasteiger partial charge in [-0.25, -0.2) is 15.0 Å². The Hall–Kier alpha value is -7.20. The Kier molecular flexibility index (Phi) is 10.4. The van der Waals surface area contributed by atoms with Crippen LogP contribution in [0.2, 0.25) is 0 Å². The molecule has 0 amide bonds. The molecule has 0 radical (unpaired) electrons. The average Bonchev–Trinajstić information content (AvgIpc) is 3.31. The van der Waals surface area contributed by atoms with Crippen LogP contribution < -0.4 is 15.5 Å². The fourth-order valence-electron chi connectivity index (χ4n) is 8.05. The summed E-state index contributed by atoms with van der Waals surface area (Å²) >= 11 is 0. The van der Waals surface area contributed by atoms with Crippen molar-refractivity contribution in [1.29, 1.82) is 0 Å². The standard InChI is InChI=1S/C53H41N4OP/c1-40-22-8-7-21-39-59(58,47-31-17-6-18-32-47)49-34-20-19-33-48(49)53(40,52-55-50(41-23-9-2-10-24-41)54-51(56-52)42-25-11-3-12-26-42)43-35-37-46(38-36-43)57(44-27-13-4-14-28-44)45-29-15-5-16-30-45/h2-38H,1,39H2/b21-7-,22-8-. The first-order chi connectivity index (χ1) is 29.1. The molecule has 284 valence electrons. The quantitative estimate of drug-likeness (QED) is 0.144. The highest BCUT2D eigenvalue weighted by Gasteiger charge is 2.46. The van der Waals surface area contributed by atoms with Crippen LogP contribution in [0.25, 0.3) is 22.8 Å². The van der Waals surface area contributed by atoms with Crippen molar-refractivity contribution < 1.29 is 4.57 Å². The molecule has 2 heterocycles. The third kappa shape index (κ3) is 7.07. The van der Waals surface area contributed by atoms with Crippen LogP contribution in [0.3, 0.4) is 0 Å². The number of benzene rings is 7. The summed E-state index contributed by atoms with van der Waals surface area (Å²) in [7, 11) is -3.31. The van der Waals surface area contributed by atoms with E-state index in [1.54, 1.807) is 0 Å². The smallest absolute Gasteiger partial charge is 0.163 e. The SMILES string of the molecule is C=C1/C=C\C=C/CP(=O)(c2ccccc2)c2ccccc2C1(c1ccc(N(c2ccccc2)c2ccccc2)cc1)c1nc(-c2ccccc2)nc(-c2ccccc2)n1. The van der Waals surface area contributed by atoms with E-state index in [-0.39, 0.29) is 0 Å². The summed E-state index contributed by atoms with van der Waals surface area (Å²) in [5.41, 5.74) is 5.91. The summed E-state index contributed by atoms with van der Waals surface area (Å²) in [5.74, 6) is 1.54. The van der Waals surface area contributed by atoms with E-state index in [1.807, 2.05) is 146 Å². The van der Waals surface area contributed by atoms with Gasteiger partial charge in [0.05, 0.1) is 0 Å². The molecule has 0 bridgehead atoms. The Morgan fingerprint density at radius 2 is 0.983 bits per heavy atom. The van der Waals surface area contributed by atoms with Gasteiger partial charge in [-0.2, -0.15) is 0 Å². The van der Waals surface area contributed by atoms with E-state index >= 15 is 4.57 Å². The number of hydrogen-bond donors (Lipinski definition) is 0. The molecule has 7 aromatic carbocycles. The molecule has 0 aliphatic carbocycles. The van der Waals surface area contributed by atoms with Crippen molar-refractivity contribution in [2.45, 2.75) is 5.41 Å². The van der Waals surface area contributed by atoms with Crippen LogP contribution in [0.15, 0.2) is 237 Å². The Morgan fingerprint density at radius 1 is 0.508 bits per heavy atom. The minimum atomic E-state index is -3.31. The number of para-hydroxylation sites is 2. The number of nitrogens with zero attached hydrogens (tertiary/aromatic N) is 4. The lowest BCUT2D eigenvalue weighted by Gasteiger charge is -2.38. The van der Waals surface area contributed by atoms with Gasteiger partial charge in [0.25, 0.3) is 0 Å². The van der Waals surface area contributed by atoms with Gasteiger partial charge in [-0.15, -0.1) is 0 Å². The predicted molar refractivity (Wildman–Crippen MR) is 244 cm³/mol. The molecule has 2 atom stereocenters. The first kappa shape index (κ1) is 37.4. The van der Waals surface area contributed by atoms with Gasteiger partial charge < -0.3 is 9.46 Å². The molecule has 0 N–H and O–H groups in total. The maximum Gasteiger partial charge on any atom is 0.163 e. The average molecular weight is 781 g/mol. The van der Waals surface area contributed by atoms with Crippen molar-refractivity contribution in [1.82, 2.24) is 15.0 Å². The first-order valence-electron chi connectivity index (χ1n) is 19.7. The number of fused-ring (bicyclic) bond motifs is 1. The van der Waals surface area contributed by atoms with Gasteiger partial charge in [0, 0.05) is 45.0 Å². The molecule has 0 saturated carbocycles. The van der Waals surface area contributed by atoms with Crippen LogP contribution in [-0.4, -0.2) is 21.1 Å². The van der Waals surface area contributed by atoms with Crippen LogP contribution in [0, 0.1) is 0 Å². The van der Waals surface area contributed by atoms with E-state index in [9.17, 15) is 0 Å². The van der Waals surface area contributed by atoms with E-state index < -0.39 is 12.6 Å². The Morgan fingerprint density at radius 3 is 1.54 bits per heavy atom. The van der Waals surface area contributed by atoms with E-state index in [0.29, 0.717) is 23.6 Å². The Bertz CT molecular complexity index is 2730. The van der Waals surface area contributed by atoms with Crippen LogP contribution in [0.5, 0.6) is 0 Å². The van der Waals surface area contributed by atoms with Crippen molar-refractivity contribution in [3.63, 3.8) is 0 Å². The zero-order valence-electron chi connectivity index (χ0n) is 32.4. The molecule has 1 aliphatic heterocycles. The van der Waals surface area contributed by atoms with Gasteiger partial charge in [0.2, 0.25) is 0 Å². The molecule has 9 rings (SSSR count). The van der Waals surface area contributed by atoms with Gasteiger partial charge in [-0.1, -0.05) is 195 Å². The highest BCUT2D eigenvalue weighted by Crippen LogP contribution is 2.52. The zero-order valence-corrected chi connectivity index (χ0v) is 33.3. The third-order valence-corrected chi connectivity index (χ3v) is 13.9. The van der Waals surface area contributed by atoms with Crippen molar-refractivity contribution in [2.24, 2.45) is 0 Å². The second-order valence-corrected chi connectivity index (χ2v) is 17.3. The lowest BCUT2D eigenvalue weighted by atomic mass is 9.68. The Balaban J connectivity index is 1.38. The summed E-state index contributed by atoms with van der Waals surface area (Å²) in [6.07, 6.45) is 8.33. The largest absolute Gasteiger partial charge is 0.313 e. The maximum atomic E-state index is 16.0. The first-order valence-corrected chi connectivity index (χ1v) is 21.6. The zero-order chi connectivity index (χ0) is 40.1. The fraction of sp³-hybridized carbons (Fsp3) is 0.0377. The lowest BCUT2D eigenvalue weighted by molar-refractivity contribution is 0.588. The molecule has 0 saturated heterocycles. The number of allylic oxidation sites excluding steroid dienone is 5. The van der Waals surface area contributed by atoms with Crippen LogP contribution in [0.1, 0.15) is 17.0 Å².